The summed E-state index contributed by atoms with van der Waals surface area (Å²) in [7, 11) is -3.45. The van der Waals surface area contributed by atoms with Crippen molar-refractivity contribution in [2.75, 3.05) is 5.08 Å². The van der Waals surface area contributed by atoms with Crippen LogP contribution in [0, 0.1) is 0 Å². The first-order valence-electron chi connectivity index (χ1n) is 1.29. The molecule has 0 unspecified atom stereocenters. The van der Waals surface area contributed by atoms with E-state index in [0.717, 1.165) is 0 Å². The van der Waals surface area contributed by atoms with Gasteiger partial charge in [0.05, 0.1) is 5.08 Å². The molecule has 0 saturated carbocycles. The van der Waals surface area contributed by atoms with Gasteiger partial charge in [-0.2, -0.15) is 21.0 Å². The molecule has 0 aliphatic heterocycles. The van der Waals surface area contributed by atoms with Gasteiger partial charge in [-0.3, -0.25) is 4.55 Å². The van der Waals surface area contributed by atoms with Crippen LogP contribution in [0.5, 0.6) is 0 Å². The van der Waals surface area contributed by atoms with Crippen LogP contribution in [0.1, 0.15) is 0 Å². The zero-order valence-electron chi connectivity index (χ0n) is 3.23. The highest BCUT2D eigenvalue weighted by Gasteiger charge is 1.99. The van der Waals surface area contributed by atoms with E-state index in [0.29, 0.717) is 10.8 Å². The predicted octanol–water partition coefficient (Wildman–Crippen LogP) is 0.410. The number of thiol groups is 1. The molecule has 0 fully saturated rings. The summed E-state index contributed by atoms with van der Waals surface area (Å²) in [5.74, 6) is 0. The summed E-state index contributed by atoms with van der Waals surface area (Å²) in [6.07, 6.45) is 0. The minimum atomic E-state index is -3.83. The fourth-order valence-electron chi connectivity index (χ4n) is 0.0666. The Bertz CT molecular complexity index is 123. The topological polar surface area (TPSA) is 54.4 Å². The van der Waals surface area contributed by atoms with Gasteiger partial charge < -0.3 is 0 Å². The maximum Gasteiger partial charge on any atom is 0.320 e. The molecule has 0 heterocycles. The molecular weight excluding hydrogens is 156 g/mol. The van der Waals surface area contributed by atoms with Crippen molar-refractivity contribution in [1.29, 1.82) is 0 Å². The van der Waals surface area contributed by atoms with Gasteiger partial charge in [0.25, 0.3) is 0 Å². The van der Waals surface area contributed by atoms with Gasteiger partial charge in [-0.25, -0.2) is 0 Å². The van der Waals surface area contributed by atoms with E-state index in [4.69, 9.17) is 4.55 Å². The first-order valence-corrected chi connectivity index (χ1v) is 4.86. The highest BCUT2D eigenvalue weighted by molar-refractivity contribution is 8.71. The molecule has 0 aromatic heterocycles. The molecule has 0 atom stereocenters. The second-order valence-corrected chi connectivity index (χ2v) is 4.77. The van der Waals surface area contributed by atoms with Crippen molar-refractivity contribution in [3.05, 3.63) is 0 Å². The van der Waals surface area contributed by atoms with Crippen LogP contribution >= 0.6 is 23.4 Å². The van der Waals surface area contributed by atoms with Crippen LogP contribution in [-0.4, -0.2) is 18.1 Å². The van der Waals surface area contributed by atoms with Crippen molar-refractivity contribution in [3.8, 4) is 0 Å². The van der Waals surface area contributed by atoms with Gasteiger partial charge in [0.1, 0.15) is 0 Å². The average Bonchev–Trinajstić information content (AvgIpc) is 1.30. The fourth-order valence-corrected chi connectivity index (χ4v) is 1.80. The van der Waals surface area contributed by atoms with Gasteiger partial charge in [-0.15, -0.1) is 0 Å². The highest BCUT2D eigenvalue weighted by atomic mass is 33.2. The van der Waals surface area contributed by atoms with E-state index in [9.17, 15) is 8.42 Å². The second kappa shape index (κ2) is 2.81. The van der Waals surface area contributed by atoms with Gasteiger partial charge >= 0.3 is 9.15 Å². The lowest BCUT2D eigenvalue weighted by molar-refractivity contribution is 0.503. The molecule has 44 valence electrons. The molecule has 3 nitrogen and oxygen atoms in total. The molecule has 7 heavy (non-hydrogen) atoms. The number of rotatable bonds is 2. The zero-order valence-corrected chi connectivity index (χ0v) is 5.76. The van der Waals surface area contributed by atoms with E-state index in [1.165, 1.54) is 0 Å². The second-order valence-electron chi connectivity index (χ2n) is 0.675. The summed E-state index contributed by atoms with van der Waals surface area (Å²) in [6, 6.07) is 0. The summed E-state index contributed by atoms with van der Waals surface area (Å²) in [6.45, 7) is 0. The Hall–Kier alpha value is 0.610. The normalized spacial score (nSPS) is 11.7. The van der Waals surface area contributed by atoms with Crippen molar-refractivity contribution < 1.29 is 13.0 Å². The molecule has 6 heteroatoms. The molecular formula is CH4O3S3. The van der Waals surface area contributed by atoms with Gasteiger partial charge in [0.2, 0.25) is 0 Å². The van der Waals surface area contributed by atoms with Gasteiger partial charge in [-0.05, 0) is 0 Å². The van der Waals surface area contributed by atoms with Crippen LogP contribution in [-0.2, 0) is 9.15 Å². The summed E-state index contributed by atoms with van der Waals surface area (Å²) in [4.78, 5) is 0. The molecule has 0 saturated heterocycles. The van der Waals surface area contributed by atoms with Crippen molar-refractivity contribution >= 4 is 32.6 Å². The van der Waals surface area contributed by atoms with Crippen molar-refractivity contribution in [2.45, 2.75) is 0 Å². The Kier molecular flexibility index (Phi) is 3.05. The molecule has 0 rings (SSSR count). The van der Waals surface area contributed by atoms with Crippen molar-refractivity contribution in [2.24, 2.45) is 0 Å². The summed E-state index contributed by atoms with van der Waals surface area (Å²) < 4.78 is 27.3. The van der Waals surface area contributed by atoms with Crippen LogP contribution in [0.4, 0.5) is 0 Å². The molecule has 0 spiro atoms. The fraction of sp³-hybridized carbons (Fsp3) is 1.00. The number of hydrogen-bond acceptors (Lipinski definition) is 4. The minimum Gasteiger partial charge on any atom is -0.277 e. The standard InChI is InChI=1S/CH4O3S3/c2-7(3,4)6-1-5/h5H,1H2,(H,2,3,4). The molecule has 0 amide bonds. The van der Waals surface area contributed by atoms with E-state index >= 15 is 0 Å². The van der Waals surface area contributed by atoms with E-state index in [1.807, 2.05) is 0 Å². The molecule has 1 N–H and O–H groups in total. The van der Waals surface area contributed by atoms with Gasteiger partial charge in [0, 0.05) is 10.8 Å². The van der Waals surface area contributed by atoms with E-state index in [2.05, 4.69) is 12.6 Å². The third-order valence-corrected chi connectivity index (χ3v) is 2.76. The maximum absolute atomic E-state index is 9.70. The first-order chi connectivity index (χ1) is 3.06. The predicted molar refractivity (Wildman–Crippen MR) is 33.0 cm³/mol. The van der Waals surface area contributed by atoms with Crippen LogP contribution in [0.2, 0.25) is 0 Å². The third-order valence-electron chi connectivity index (χ3n) is 0.202. The van der Waals surface area contributed by atoms with E-state index in [-0.39, 0.29) is 5.08 Å². The maximum atomic E-state index is 9.70. The lowest BCUT2D eigenvalue weighted by Gasteiger charge is -1.84. The van der Waals surface area contributed by atoms with Gasteiger partial charge in [-0.1, -0.05) is 0 Å². The van der Waals surface area contributed by atoms with E-state index in [1.54, 1.807) is 0 Å². The largest absolute Gasteiger partial charge is 0.320 e. The van der Waals surface area contributed by atoms with Crippen LogP contribution in [0.15, 0.2) is 0 Å². The van der Waals surface area contributed by atoms with Crippen LogP contribution < -0.4 is 0 Å². The average molecular weight is 160 g/mol. The molecule has 0 aliphatic carbocycles. The van der Waals surface area contributed by atoms with E-state index < -0.39 is 9.15 Å². The Labute approximate surface area is 51.0 Å². The zero-order chi connectivity index (χ0) is 5.91. The monoisotopic (exact) mass is 160 g/mol. The Morgan fingerprint density at radius 3 is 2.14 bits per heavy atom. The SMILES string of the molecule is O=S(=O)(O)SCS. The highest BCUT2D eigenvalue weighted by Crippen LogP contribution is 2.08. The number of hydrogen-bond donors (Lipinski definition) is 2. The van der Waals surface area contributed by atoms with Crippen molar-refractivity contribution in [1.82, 2.24) is 0 Å². The lowest BCUT2D eigenvalue weighted by atomic mass is 11.9. The quantitative estimate of drug-likeness (QED) is 0.266. The lowest BCUT2D eigenvalue weighted by Crippen LogP contribution is -1.87. The molecule has 0 aromatic carbocycles. The molecule has 0 bridgehead atoms. The first kappa shape index (κ1) is 7.61. The summed E-state index contributed by atoms with van der Waals surface area (Å²) >= 11 is 3.54. The smallest absolute Gasteiger partial charge is 0.277 e. The van der Waals surface area contributed by atoms with Crippen LogP contribution in [0.3, 0.4) is 0 Å². The summed E-state index contributed by atoms with van der Waals surface area (Å²) in [5, 5.41) is 0.0822. The van der Waals surface area contributed by atoms with Gasteiger partial charge in [0.15, 0.2) is 0 Å². The Morgan fingerprint density at radius 2 is 2.14 bits per heavy atom. The van der Waals surface area contributed by atoms with Crippen LogP contribution in [0.25, 0.3) is 0 Å². The molecule has 0 aliphatic rings. The minimum absolute atomic E-state index is 0.0822. The molecule has 0 aromatic rings. The summed E-state index contributed by atoms with van der Waals surface area (Å²) in [5.41, 5.74) is 0. The molecule has 0 radical (unpaired) electrons. The Balaban J connectivity index is 3.60. The Morgan fingerprint density at radius 1 is 1.71 bits per heavy atom. The third kappa shape index (κ3) is 6.61. The van der Waals surface area contributed by atoms with Crippen molar-refractivity contribution in [3.63, 3.8) is 0 Å².